The van der Waals surface area contributed by atoms with E-state index in [1.807, 2.05) is 0 Å². The molecule has 0 spiro atoms. The van der Waals surface area contributed by atoms with E-state index >= 15 is 0 Å². The average molecular weight is 172 g/mol. The molecule has 1 atom stereocenters. The molecule has 0 aromatic carbocycles. The van der Waals surface area contributed by atoms with Crippen molar-refractivity contribution in [1.82, 2.24) is 15.5 Å². The largest absolute Gasteiger partial charge is 0.310 e. The van der Waals surface area contributed by atoms with Crippen LogP contribution in [0.2, 0.25) is 5.15 Å². The first-order valence-corrected chi connectivity index (χ1v) is 4.18. The first-order valence-electron chi connectivity index (χ1n) is 3.80. The van der Waals surface area contributed by atoms with Gasteiger partial charge in [0, 0.05) is 11.6 Å². The van der Waals surface area contributed by atoms with Crippen LogP contribution < -0.4 is 5.32 Å². The molecule has 0 bridgehead atoms. The third kappa shape index (κ3) is 1.26. The highest BCUT2D eigenvalue weighted by Crippen LogP contribution is 2.26. The minimum absolute atomic E-state index is 0.418. The maximum atomic E-state index is 5.86. The monoisotopic (exact) mass is 171 g/mol. The summed E-state index contributed by atoms with van der Waals surface area (Å²) in [4.78, 5) is 0. The number of nitrogens with zero attached hydrogens (tertiary/aromatic N) is 1. The summed E-state index contributed by atoms with van der Waals surface area (Å²) < 4.78 is 0. The zero-order chi connectivity index (χ0) is 7.68. The third-order valence-electron chi connectivity index (χ3n) is 2.06. The van der Waals surface area contributed by atoms with Crippen molar-refractivity contribution >= 4 is 11.6 Å². The Kier molecular flexibility index (Phi) is 1.84. The van der Waals surface area contributed by atoms with Crippen molar-refractivity contribution in [3.8, 4) is 0 Å². The van der Waals surface area contributed by atoms with Gasteiger partial charge in [-0.15, -0.1) is 0 Å². The second-order valence-corrected chi connectivity index (χ2v) is 3.17. The molecule has 1 unspecified atom stereocenters. The Balaban J connectivity index is 2.21. The van der Waals surface area contributed by atoms with Crippen molar-refractivity contribution in [3.05, 3.63) is 16.9 Å². The summed E-state index contributed by atoms with van der Waals surface area (Å²) in [7, 11) is 0. The van der Waals surface area contributed by atoms with Gasteiger partial charge < -0.3 is 5.32 Å². The molecule has 1 aliphatic heterocycles. The fourth-order valence-electron chi connectivity index (χ4n) is 1.47. The molecule has 11 heavy (non-hydrogen) atoms. The maximum Gasteiger partial charge on any atom is 0.128 e. The van der Waals surface area contributed by atoms with Crippen LogP contribution in [-0.2, 0) is 0 Å². The Morgan fingerprint density at radius 1 is 1.64 bits per heavy atom. The van der Waals surface area contributed by atoms with Gasteiger partial charge in [-0.2, -0.15) is 5.10 Å². The number of rotatable bonds is 1. The molecule has 4 heteroatoms. The lowest BCUT2D eigenvalue weighted by atomic mass is 10.1. The van der Waals surface area contributed by atoms with Gasteiger partial charge in [0.15, 0.2) is 0 Å². The lowest BCUT2D eigenvalue weighted by Crippen LogP contribution is -2.12. The molecule has 60 valence electrons. The fraction of sp³-hybridized carbons (Fsp3) is 0.571. The number of aromatic amines is 1. The van der Waals surface area contributed by atoms with Gasteiger partial charge in [-0.3, -0.25) is 5.10 Å². The molecule has 1 aromatic rings. The molecule has 2 heterocycles. The predicted octanol–water partition coefficient (Wildman–Crippen LogP) is 1.49. The Bertz CT molecular complexity index is 240. The van der Waals surface area contributed by atoms with Gasteiger partial charge in [0.05, 0.1) is 6.20 Å². The SMILES string of the molecule is Clc1[nH]ncc1C1CCCN1. The molecule has 1 aliphatic rings. The van der Waals surface area contributed by atoms with E-state index in [2.05, 4.69) is 15.5 Å². The van der Waals surface area contributed by atoms with E-state index in [0.29, 0.717) is 11.2 Å². The number of hydrogen-bond acceptors (Lipinski definition) is 2. The summed E-state index contributed by atoms with van der Waals surface area (Å²) in [6.07, 6.45) is 4.19. The summed E-state index contributed by atoms with van der Waals surface area (Å²) in [6, 6.07) is 0.418. The molecule has 3 nitrogen and oxygen atoms in total. The van der Waals surface area contributed by atoms with E-state index < -0.39 is 0 Å². The molecule has 1 fully saturated rings. The molecular formula is C7H10ClN3. The molecule has 2 N–H and O–H groups in total. The van der Waals surface area contributed by atoms with Gasteiger partial charge in [-0.05, 0) is 19.4 Å². The zero-order valence-corrected chi connectivity index (χ0v) is 6.86. The molecule has 0 amide bonds. The Morgan fingerprint density at radius 2 is 2.55 bits per heavy atom. The van der Waals surface area contributed by atoms with Crippen LogP contribution in [0.15, 0.2) is 6.20 Å². The van der Waals surface area contributed by atoms with Gasteiger partial charge in [-0.1, -0.05) is 11.6 Å². The van der Waals surface area contributed by atoms with Crippen LogP contribution in [0.4, 0.5) is 0 Å². The van der Waals surface area contributed by atoms with Crippen LogP contribution in [0.3, 0.4) is 0 Å². The quantitative estimate of drug-likeness (QED) is 0.672. The highest BCUT2D eigenvalue weighted by atomic mass is 35.5. The standard InChI is InChI=1S/C7H10ClN3/c8-7-5(4-10-11-7)6-2-1-3-9-6/h4,6,9H,1-3H2,(H,10,11). The second-order valence-electron chi connectivity index (χ2n) is 2.79. The van der Waals surface area contributed by atoms with Crippen LogP contribution in [0, 0.1) is 0 Å². The van der Waals surface area contributed by atoms with Crippen molar-refractivity contribution in [3.63, 3.8) is 0 Å². The molecule has 1 saturated heterocycles. The Morgan fingerprint density at radius 3 is 3.09 bits per heavy atom. The van der Waals surface area contributed by atoms with Gasteiger partial charge in [0.1, 0.15) is 5.15 Å². The molecule has 1 aromatic heterocycles. The third-order valence-corrected chi connectivity index (χ3v) is 2.36. The van der Waals surface area contributed by atoms with E-state index in [1.165, 1.54) is 12.8 Å². The number of aromatic nitrogens is 2. The summed E-state index contributed by atoms with van der Waals surface area (Å²) in [5.41, 5.74) is 1.10. The minimum atomic E-state index is 0.418. The molecular weight excluding hydrogens is 162 g/mol. The van der Waals surface area contributed by atoms with E-state index in [-0.39, 0.29) is 0 Å². The highest BCUT2D eigenvalue weighted by Gasteiger charge is 2.19. The summed E-state index contributed by atoms with van der Waals surface area (Å²) in [6.45, 7) is 1.09. The smallest absolute Gasteiger partial charge is 0.128 e. The van der Waals surface area contributed by atoms with Crippen LogP contribution in [0.5, 0.6) is 0 Å². The van der Waals surface area contributed by atoms with E-state index in [1.54, 1.807) is 6.20 Å². The first kappa shape index (κ1) is 7.13. The van der Waals surface area contributed by atoms with Crippen molar-refractivity contribution in [2.45, 2.75) is 18.9 Å². The van der Waals surface area contributed by atoms with Crippen LogP contribution in [0.25, 0.3) is 0 Å². The number of halogens is 1. The highest BCUT2D eigenvalue weighted by molar-refractivity contribution is 6.30. The molecule has 0 saturated carbocycles. The minimum Gasteiger partial charge on any atom is -0.310 e. The predicted molar refractivity (Wildman–Crippen MR) is 43.6 cm³/mol. The first-order chi connectivity index (χ1) is 5.38. The maximum absolute atomic E-state index is 5.86. The molecule has 2 rings (SSSR count). The number of hydrogen-bond donors (Lipinski definition) is 2. The van der Waals surface area contributed by atoms with Gasteiger partial charge in [-0.25, -0.2) is 0 Å². The van der Waals surface area contributed by atoms with Gasteiger partial charge >= 0.3 is 0 Å². The normalized spacial score (nSPS) is 24.3. The van der Waals surface area contributed by atoms with Crippen LogP contribution in [-0.4, -0.2) is 16.7 Å². The van der Waals surface area contributed by atoms with E-state index in [0.717, 1.165) is 12.1 Å². The van der Waals surface area contributed by atoms with Gasteiger partial charge in [0.2, 0.25) is 0 Å². The average Bonchev–Trinajstić information content (AvgIpc) is 2.55. The second kappa shape index (κ2) is 2.83. The summed E-state index contributed by atoms with van der Waals surface area (Å²) >= 11 is 5.86. The lowest BCUT2D eigenvalue weighted by molar-refractivity contribution is 0.648. The van der Waals surface area contributed by atoms with E-state index in [4.69, 9.17) is 11.6 Å². The summed E-state index contributed by atoms with van der Waals surface area (Å²) in [5, 5.41) is 10.6. The molecule has 0 aliphatic carbocycles. The Labute approximate surface area is 70.1 Å². The van der Waals surface area contributed by atoms with Crippen molar-refractivity contribution in [2.24, 2.45) is 0 Å². The zero-order valence-electron chi connectivity index (χ0n) is 6.10. The lowest BCUT2D eigenvalue weighted by Gasteiger charge is -2.06. The van der Waals surface area contributed by atoms with Crippen molar-refractivity contribution < 1.29 is 0 Å². The summed E-state index contributed by atoms with van der Waals surface area (Å²) in [5.74, 6) is 0. The fourth-order valence-corrected chi connectivity index (χ4v) is 1.70. The van der Waals surface area contributed by atoms with Gasteiger partial charge in [0.25, 0.3) is 0 Å². The van der Waals surface area contributed by atoms with E-state index in [9.17, 15) is 0 Å². The van der Waals surface area contributed by atoms with Crippen molar-refractivity contribution in [2.75, 3.05) is 6.54 Å². The van der Waals surface area contributed by atoms with Crippen LogP contribution in [0.1, 0.15) is 24.4 Å². The van der Waals surface area contributed by atoms with Crippen LogP contribution >= 0.6 is 11.6 Å². The molecule has 0 radical (unpaired) electrons. The Hall–Kier alpha value is -0.540. The topological polar surface area (TPSA) is 40.7 Å². The number of H-pyrrole nitrogens is 1. The number of nitrogens with one attached hydrogen (secondary N) is 2. The van der Waals surface area contributed by atoms with Crippen molar-refractivity contribution in [1.29, 1.82) is 0 Å².